The summed E-state index contributed by atoms with van der Waals surface area (Å²) in [6.07, 6.45) is 0. The molecule has 0 saturated heterocycles. The predicted molar refractivity (Wildman–Crippen MR) is 90.0 cm³/mol. The summed E-state index contributed by atoms with van der Waals surface area (Å²) in [5, 5.41) is 6.74. The van der Waals surface area contributed by atoms with Gasteiger partial charge < -0.3 is 9.84 Å². The van der Waals surface area contributed by atoms with Crippen molar-refractivity contribution in [1.29, 1.82) is 0 Å². The summed E-state index contributed by atoms with van der Waals surface area (Å²) >= 11 is 1.60. The van der Waals surface area contributed by atoms with Crippen LogP contribution in [0.5, 0.6) is 0 Å². The third-order valence-electron chi connectivity index (χ3n) is 3.04. The third-order valence-corrected chi connectivity index (χ3v) is 4.03. The SMILES string of the molecule is CC(=O)Nc1ccc(SCc2nc(-c3ccccc3)no2)cc1. The zero-order valence-corrected chi connectivity index (χ0v) is 13.3. The van der Waals surface area contributed by atoms with Crippen LogP contribution >= 0.6 is 11.8 Å². The van der Waals surface area contributed by atoms with Gasteiger partial charge in [-0.05, 0) is 24.3 Å². The molecule has 0 unspecified atom stereocenters. The van der Waals surface area contributed by atoms with Crippen LogP contribution in [-0.2, 0) is 10.5 Å². The number of nitrogens with zero attached hydrogens (tertiary/aromatic N) is 2. The Balaban J connectivity index is 1.60. The molecule has 6 heteroatoms. The fraction of sp³-hybridized carbons (Fsp3) is 0.118. The summed E-state index contributed by atoms with van der Waals surface area (Å²) in [4.78, 5) is 16.4. The van der Waals surface area contributed by atoms with Crippen molar-refractivity contribution < 1.29 is 9.32 Å². The summed E-state index contributed by atoms with van der Waals surface area (Å²) in [6, 6.07) is 17.4. The topological polar surface area (TPSA) is 68.0 Å². The maximum Gasteiger partial charge on any atom is 0.237 e. The van der Waals surface area contributed by atoms with Gasteiger partial charge in [-0.15, -0.1) is 11.8 Å². The van der Waals surface area contributed by atoms with Crippen LogP contribution in [0.2, 0.25) is 0 Å². The van der Waals surface area contributed by atoms with E-state index < -0.39 is 0 Å². The lowest BCUT2D eigenvalue weighted by atomic mass is 10.2. The fourth-order valence-corrected chi connectivity index (χ4v) is 2.74. The van der Waals surface area contributed by atoms with E-state index in [0.717, 1.165) is 16.1 Å². The number of hydrogen-bond acceptors (Lipinski definition) is 5. The van der Waals surface area contributed by atoms with Gasteiger partial charge in [0.25, 0.3) is 0 Å². The Morgan fingerprint density at radius 3 is 2.57 bits per heavy atom. The van der Waals surface area contributed by atoms with Crippen molar-refractivity contribution in [3.8, 4) is 11.4 Å². The van der Waals surface area contributed by atoms with E-state index in [-0.39, 0.29) is 5.91 Å². The van der Waals surface area contributed by atoms with Gasteiger partial charge >= 0.3 is 0 Å². The highest BCUT2D eigenvalue weighted by Crippen LogP contribution is 2.24. The molecule has 0 aliphatic heterocycles. The van der Waals surface area contributed by atoms with Crippen LogP contribution in [0.1, 0.15) is 12.8 Å². The van der Waals surface area contributed by atoms with Crippen molar-refractivity contribution in [2.75, 3.05) is 5.32 Å². The summed E-state index contributed by atoms with van der Waals surface area (Å²) in [7, 11) is 0. The second-order valence-electron chi connectivity index (χ2n) is 4.87. The highest BCUT2D eigenvalue weighted by atomic mass is 32.2. The molecule has 2 aromatic carbocycles. The minimum atomic E-state index is -0.0790. The number of thioether (sulfide) groups is 1. The van der Waals surface area contributed by atoms with Gasteiger partial charge in [0, 0.05) is 23.1 Å². The number of carbonyl (C=O) groups excluding carboxylic acids is 1. The first-order valence-electron chi connectivity index (χ1n) is 7.09. The van der Waals surface area contributed by atoms with Crippen molar-refractivity contribution in [2.24, 2.45) is 0 Å². The molecule has 0 bridgehead atoms. The van der Waals surface area contributed by atoms with E-state index in [1.807, 2.05) is 54.6 Å². The molecule has 0 spiro atoms. The van der Waals surface area contributed by atoms with E-state index in [1.165, 1.54) is 6.92 Å². The Morgan fingerprint density at radius 2 is 1.87 bits per heavy atom. The molecule has 1 amide bonds. The molecule has 0 aliphatic carbocycles. The highest BCUT2D eigenvalue weighted by Gasteiger charge is 2.08. The van der Waals surface area contributed by atoms with E-state index in [1.54, 1.807) is 11.8 Å². The van der Waals surface area contributed by atoms with Crippen LogP contribution in [0.4, 0.5) is 5.69 Å². The van der Waals surface area contributed by atoms with E-state index in [2.05, 4.69) is 15.5 Å². The van der Waals surface area contributed by atoms with Crippen molar-refractivity contribution in [3.63, 3.8) is 0 Å². The van der Waals surface area contributed by atoms with Crippen LogP contribution in [0, 0.1) is 0 Å². The Labute approximate surface area is 138 Å². The summed E-state index contributed by atoms with van der Waals surface area (Å²) in [5.41, 5.74) is 1.72. The summed E-state index contributed by atoms with van der Waals surface area (Å²) in [5.74, 6) is 1.70. The van der Waals surface area contributed by atoms with E-state index in [4.69, 9.17) is 4.52 Å². The highest BCUT2D eigenvalue weighted by molar-refractivity contribution is 7.98. The number of hydrogen-bond donors (Lipinski definition) is 1. The first-order chi connectivity index (χ1) is 11.2. The number of rotatable bonds is 5. The lowest BCUT2D eigenvalue weighted by Gasteiger charge is -2.03. The molecule has 116 valence electrons. The second kappa shape index (κ2) is 7.11. The normalized spacial score (nSPS) is 10.5. The molecule has 0 saturated carbocycles. The van der Waals surface area contributed by atoms with Gasteiger partial charge in [0.15, 0.2) is 0 Å². The predicted octanol–water partition coefficient (Wildman–Crippen LogP) is 3.99. The monoisotopic (exact) mass is 325 g/mol. The number of aromatic nitrogens is 2. The Kier molecular flexibility index (Phi) is 4.73. The zero-order chi connectivity index (χ0) is 16.1. The molecule has 0 atom stereocenters. The van der Waals surface area contributed by atoms with E-state index >= 15 is 0 Å². The van der Waals surface area contributed by atoms with Crippen molar-refractivity contribution >= 4 is 23.4 Å². The number of nitrogens with one attached hydrogen (secondary N) is 1. The average Bonchev–Trinajstić information content (AvgIpc) is 3.04. The van der Waals surface area contributed by atoms with Crippen LogP contribution in [0.3, 0.4) is 0 Å². The third kappa shape index (κ3) is 4.20. The van der Waals surface area contributed by atoms with Gasteiger partial charge in [-0.3, -0.25) is 4.79 Å². The molecule has 1 heterocycles. The van der Waals surface area contributed by atoms with Gasteiger partial charge in [0.05, 0.1) is 5.75 Å². The number of anilines is 1. The van der Waals surface area contributed by atoms with Crippen LogP contribution < -0.4 is 5.32 Å². The van der Waals surface area contributed by atoms with Crippen LogP contribution in [0.25, 0.3) is 11.4 Å². The Bertz CT molecular complexity index is 785. The Morgan fingerprint density at radius 1 is 1.13 bits per heavy atom. The number of benzene rings is 2. The van der Waals surface area contributed by atoms with Gasteiger partial charge in [0.1, 0.15) is 0 Å². The molecule has 0 radical (unpaired) electrons. The van der Waals surface area contributed by atoms with Gasteiger partial charge in [-0.1, -0.05) is 35.5 Å². The van der Waals surface area contributed by atoms with Crippen molar-refractivity contribution in [3.05, 3.63) is 60.5 Å². The quantitative estimate of drug-likeness (QED) is 0.718. The maximum absolute atomic E-state index is 11.0. The fourth-order valence-electron chi connectivity index (χ4n) is 2.00. The molecule has 0 aliphatic rings. The van der Waals surface area contributed by atoms with Gasteiger partial charge in [-0.2, -0.15) is 4.98 Å². The first-order valence-corrected chi connectivity index (χ1v) is 8.08. The van der Waals surface area contributed by atoms with Crippen molar-refractivity contribution in [1.82, 2.24) is 10.1 Å². The van der Waals surface area contributed by atoms with E-state index in [0.29, 0.717) is 17.5 Å². The first kappa shape index (κ1) is 15.3. The molecule has 3 aromatic rings. The molecule has 1 aromatic heterocycles. The minimum absolute atomic E-state index is 0.0790. The molecular formula is C17H15N3O2S. The largest absolute Gasteiger partial charge is 0.338 e. The van der Waals surface area contributed by atoms with Crippen LogP contribution in [0.15, 0.2) is 64.0 Å². The summed E-state index contributed by atoms with van der Waals surface area (Å²) < 4.78 is 5.28. The second-order valence-corrected chi connectivity index (χ2v) is 5.92. The average molecular weight is 325 g/mol. The molecule has 3 rings (SSSR count). The lowest BCUT2D eigenvalue weighted by Crippen LogP contribution is -2.05. The zero-order valence-electron chi connectivity index (χ0n) is 12.5. The van der Waals surface area contributed by atoms with Gasteiger partial charge in [-0.25, -0.2) is 0 Å². The standard InChI is InChI=1S/C17H15N3O2S/c1-12(21)18-14-7-9-15(10-8-14)23-11-16-19-17(20-22-16)13-5-3-2-4-6-13/h2-10H,11H2,1H3,(H,18,21). The van der Waals surface area contributed by atoms with E-state index in [9.17, 15) is 4.79 Å². The molecule has 0 fully saturated rings. The molecule has 5 nitrogen and oxygen atoms in total. The number of amides is 1. The smallest absolute Gasteiger partial charge is 0.237 e. The van der Waals surface area contributed by atoms with Crippen molar-refractivity contribution in [2.45, 2.75) is 17.6 Å². The number of carbonyl (C=O) groups is 1. The van der Waals surface area contributed by atoms with Gasteiger partial charge in [0.2, 0.25) is 17.6 Å². The Hall–Kier alpha value is -2.60. The minimum Gasteiger partial charge on any atom is -0.338 e. The molecule has 1 N–H and O–H groups in total. The molecular weight excluding hydrogens is 310 g/mol. The maximum atomic E-state index is 11.0. The summed E-state index contributed by atoms with van der Waals surface area (Å²) in [6.45, 7) is 1.49. The molecule has 23 heavy (non-hydrogen) atoms. The van der Waals surface area contributed by atoms with Crippen LogP contribution in [-0.4, -0.2) is 16.0 Å². The lowest BCUT2D eigenvalue weighted by molar-refractivity contribution is -0.114.